The molecule has 0 radical (unpaired) electrons. The smallest absolute Gasteiger partial charge is 1.00 e. The Morgan fingerprint density at radius 1 is 1.20 bits per heavy atom. The SMILES string of the molecule is CC(O)CO.OCCO.[H-].[Na+]. The van der Waals surface area contributed by atoms with Gasteiger partial charge in [0.05, 0.1) is 25.9 Å². The number of aliphatic hydroxyl groups is 4. The molecule has 0 saturated heterocycles. The van der Waals surface area contributed by atoms with Gasteiger partial charge in [0, 0.05) is 0 Å². The molecule has 0 amide bonds. The van der Waals surface area contributed by atoms with Crippen molar-refractivity contribution in [3.63, 3.8) is 0 Å². The van der Waals surface area contributed by atoms with Crippen LogP contribution in [0.4, 0.5) is 0 Å². The van der Waals surface area contributed by atoms with Gasteiger partial charge in [0.2, 0.25) is 0 Å². The van der Waals surface area contributed by atoms with Crippen molar-refractivity contribution in [1.82, 2.24) is 0 Å². The van der Waals surface area contributed by atoms with E-state index in [1.54, 1.807) is 0 Å². The molecular formula is C5H15NaO4. The van der Waals surface area contributed by atoms with Crippen LogP contribution < -0.4 is 29.6 Å². The van der Waals surface area contributed by atoms with Gasteiger partial charge in [0.15, 0.2) is 0 Å². The maximum absolute atomic E-state index is 8.11. The van der Waals surface area contributed by atoms with Crippen molar-refractivity contribution in [3.05, 3.63) is 0 Å². The van der Waals surface area contributed by atoms with E-state index < -0.39 is 6.10 Å². The first-order valence-corrected chi connectivity index (χ1v) is 2.69. The first-order chi connectivity index (χ1) is 4.18. The van der Waals surface area contributed by atoms with Crippen LogP contribution in [0.3, 0.4) is 0 Å². The van der Waals surface area contributed by atoms with E-state index >= 15 is 0 Å². The predicted octanol–water partition coefficient (Wildman–Crippen LogP) is -4.55. The van der Waals surface area contributed by atoms with Crippen molar-refractivity contribution in [2.24, 2.45) is 0 Å². The van der Waals surface area contributed by atoms with Crippen molar-refractivity contribution in [2.45, 2.75) is 13.0 Å². The molecule has 0 bridgehead atoms. The fourth-order valence-electron chi connectivity index (χ4n) is 0. The number of aliphatic hydroxyl groups excluding tert-OH is 4. The molecule has 0 saturated carbocycles. The van der Waals surface area contributed by atoms with E-state index in [4.69, 9.17) is 20.4 Å². The third-order valence-electron chi connectivity index (χ3n) is 0.364. The molecule has 0 spiro atoms. The minimum Gasteiger partial charge on any atom is -1.00 e. The Labute approximate surface area is 84.3 Å². The molecular weight excluding hydrogens is 147 g/mol. The summed E-state index contributed by atoms with van der Waals surface area (Å²) in [5, 5.41) is 31.3. The molecule has 0 heterocycles. The average Bonchev–Trinajstić information content (AvgIpc) is 1.89. The predicted molar refractivity (Wildman–Crippen MR) is 34.1 cm³/mol. The molecule has 4 nitrogen and oxygen atoms in total. The van der Waals surface area contributed by atoms with Gasteiger partial charge in [0.25, 0.3) is 0 Å². The van der Waals surface area contributed by atoms with E-state index in [1.807, 2.05) is 0 Å². The second-order valence-corrected chi connectivity index (χ2v) is 1.48. The molecule has 0 aliphatic heterocycles. The van der Waals surface area contributed by atoms with Gasteiger partial charge in [-0.15, -0.1) is 0 Å². The summed E-state index contributed by atoms with van der Waals surface area (Å²) in [6.45, 7) is 1.14. The first kappa shape index (κ1) is 17.1. The topological polar surface area (TPSA) is 80.9 Å². The minimum absolute atomic E-state index is 0. The van der Waals surface area contributed by atoms with Crippen LogP contribution in [0.15, 0.2) is 0 Å². The van der Waals surface area contributed by atoms with Gasteiger partial charge < -0.3 is 21.9 Å². The van der Waals surface area contributed by atoms with Crippen molar-refractivity contribution in [3.8, 4) is 0 Å². The minimum atomic E-state index is -0.560. The monoisotopic (exact) mass is 162 g/mol. The van der Waals surface area contributed by atoms with Gasteiger partial charge >= 0.3 is 29.6 Å². The van der Waals surface area contributed by atoms with E-state index in [2.05, 4.69) is 0 Å². The van der Waals surface area contributed by atoms with Gasteiger partial charge in [0.1, 0.15) is 0 Å². The van der Waals surface area contributed by atoms with Crippen LogP contribution in [0.1, 0.15) is 8.35 Å². The molecule has 10 heavy (non-hydrogen) atoms. The largest absolute Gasteiger partial charge is 1.00 e. The summed E-state index contributed by atoms with van der Waals surface area (Å²) < 4.78 is 0. The zero-order chi connectivity index (χ0) is 7.70. The molecule has 0 aromatic rings. The molecule has 0 fully saturated rings. The molecule has 5 heteroatoms. The van der Waals surface area contributed by atoms with Gasteiger partial charge in [-0.1, -0.05) is 0 Å². The van der Waals surface area contributed by atoms with Crippen molar-refractivity contribution < 1.29 is 51.4 Å². The first-order valence-electron chi connectivity index (χ1n) is 2.69. The summed E-state index contributed by atoms with van der Waals surface area (Å²) in [5.74, 6) is 0. The summed E-state index contributed by atoms with van der Waals surface area (Å²) in [6, 6.07) is 0. The molecule has 0 aliphatic rings. The van der Waals surface area contributed by atoms with Crippen LogP contribution in [-0.4, -0.2) is 46.4 Å². The average molecular weight is 162 g/mol. The molecule has 0 aliphatic carbocycles. The normalized spacial score (nSPS) is 10.5. The van der Waals surface area contributed by atoms with Crippen LogP contribution in [0.25, 0.3) is 0 Å². The van der Waals surface area contributed by atoms with Crippen LogP contribution >= 0.6 is 0 Å². The van der Waals surface area contributed by atoms with Gasteiger partial charge in [-0.25, -0.2) is 0 Å². The molecule has 0 rings (SSSR count). The Balaban J connectivity index is -0.0000000383. The second-order valence-electron chi connectivity index (χ2n) is 1.48. The van der Waals surface area contributed by atoms with Crippen molar-refractivity contribution in [2.75, 3.05) is 19.8 Å². The Bertz CT molecular complexity index is 45.5. The number of hydrogen-bond donors (Lipinski definition) is 4. The Morgan fingerprint density at radius 3 is 1.40 bits per heavy atom. The van der Waals surface area contributed by atoms with Crippen LogP contribution in [0.2, 0.25) is 0 Å². The number of rotatable bonds is 2. The van der Waals surface area contributed by atoms with E-state index in [0.29, 0.717) is 0 Å². The van der Waals surface area contributed by atoms with Crippen LogP contribution in [0, 0.1) is 0 Å². The van der Waals surface area contributed by atoms with Crippen molar-refractivity contribution >= 4 is 0 Å². The molecule has 0 aromatic heterocycles. The van der Waals surface area contributed by atoms with Crippen LogP contribution in [-0.2, 0) is 0 Å². The molecule has 60 valence electrons. The molecule has 1 atom stereocenters. The molecule has 4 N–H and O–H groups in total. The Hall–Kier alpha value is 0.840. The summed E-state index contributed by atoms with van der Waals surface area (Å²) in [4.78, 5) is 0. The second kappa shape index (κ2) is 16.4. The standard InChI is InChI=1S/C3H8O2.C2H6O2.Na.H/c1-3(5)2-4;3-1-2-4;;/h3-5H,2H2,1H3;3-4H,1-2H2;;/q;;+1;-1. The summed E-state index contributed by atoms with van der Waals surface area (Å²) >= 11 is 0. The summed E-state index contributed by atoms with van der Waals surface area (Å²) in [7, 11) is 0. The molecule has 1 unspecified atom stereocenters. The third-order valence-corrected chi connectivity index (χ3v) is 0.364. The van der Waals surface area contributed by atoms with Gasteiger partial charge in [-0.05, 0) is 6.92 Å². The third kappa shape index (κ3) is 36.8. The zero-order valence-corrected chi connectivity index (χ0v) is 8.49. The van der Waals surface area contributed by atoms with E-state index in [9.17, 15) is 0 Å². The van der Waals surface area contributed by atoms with E-state index in [0.717, 1.165) is 0 Å². The van der Waals surface area contributed by atoms with Crippen molar-refractivity contribution in [1.29, 1.82) is 0 Å². The summed E-state index contributed by atoms with van der Waals surface area (Å²) in [6.07, 6.45) is -0.560. The number of hydrogen-bond acceptors (Lipinski definition) is 4. The Kier molecular flexibility index (Phi) is 28.1. The maximum atomic E-state index is 8.11. The van der Waals surface area contributed by atoms with Gasteiger partial charge in [-0.3, -0.25) is 0 Å². The fraction of sp³-hybridized carbons (Fsp3) is 1.00. The quantitative estimate of drug-likeness (QED) is 0.308. The van der Waals surface area contributed by atoms with Crippen LogP contribution in [0.5, 0.6) is 0 Å². The van der Waals surface area contributed by atoms with E-state index in [-0.39, 0.29) is 50.8 Å². The van der Waals surface area contributed by atoms with E-state index in [1.165, 1.54) is 6.92 Å². The zero-order valence-electron chi connectivity index (χ0n) is 7.49. The maximum Gasteiger partial charge on any atom is 1.00 e. The fourth-order valence-corrected chi connectivity index (χ4v) is 0. The van der Waals surface area contributed by atoms with Gasteiger partial charge in [-0.2, -0.15) is 0 Å². The Morgan fingerprint density at radius 2 is 1.40 bits per heavy atom. The molecule has 0 aromatic carbocycles. The summed E-state index contributed by atoms with van der Waals surface area (Å²) in [5.41, 5.74) is 0.